The van der Waals surface area contributed by atoms with Gasteiger partial charge in [0.15, 0.2) is 5.78 Å². The molecule has 2 heterocycles. The van der Waals surface area contributed by atoms with Crippen molar-refractivity contribution in [2.45, 2.75) is 59.8 Å². The van der Waals surface area contributed by atoms with Crippen LogP contribution in [-0.2, 0) is 4.79 Å². The smallest absolute Gasteiger partial charge is 0.160 e. The molecule has 0 saturated heterocycles. The second kappa shape index (κ2) is 9.56. The van der Waals surface area contributed by atoms with E-state index in [1.54, 1.807) is 0 Å². The predicted octanol–water partition coefficient (Wildman–Crippen LogP) is 5.16. The first-order chi connectivity index (χ1) is 12.7. The van der Waals surface area contributed by atoms with E-state index in [1.807, 2.05) is 27.7 Å². The SMILES string of the molecule is CC.CC.CN1CCOc2cc(C3=NC4=C(CC3)C(=O)CCC4)ccc21. The Kier molecular flexibility index (Phi) is 7.43. The van der Waals surface area contributed by atoms with Crippen LogP contribution in [0.15, 0.2) is 34.5 Å². The minimum Gasteiger partial charge on any atom is -0.490 e. The first-order valence-corrected chi connectivity index (χ1v) is 10.0. The monoisotopic (exact) mass is 356 g/mol. The topological polar surface area (TPSA) is 41.9 Å². The number of likely N-dealkylation sites (N-methyl/N-ethyl adjacent to an activating group) is 1. The van der Waals surface area contributed by atoms with Crippen molar-refractivity contribution in [1.29, 1.82) is 0 Å². The summed E-state index contributed by atoms with van der Waals surface area (Å²) in [5.74, 6) is 1.24. The molecule has 0 radical (unpaired) electrons. The summed E-state index contributed by atoms with van der Waals surface area (Å²) in [5.41, 5.74) is 5.35. The van der Waals surface area contributed by atoms with Crippen LogP contribution in [0.5, 0.6) is 5.75 Å². The first kappa shape index (κ1) is 20.2. The van der Waals surface area contributed by atoms with Gasteiger partial charge in [-0.05, 0) is 43.4 Å². The highest BCUT2D eigenvalue weighted by molar-refractivity contribution is 6.06. The van der Waals surface area contributed by atoms with Gasteiger partial charge in [0.1, 0.15) is 12.4 Å². The Balaban J connectivity index is 0.000000570. The first-order valence-electron chi connectivity index (χ1n) is 10.0. The summed E-state index contributed by atoms with van der Waals surface area (Å²) in [4.78, 5) is 19.0. The van der Waals surface area contributed by atoms with Crippen molar-refractivity contribution >= 4 is 17.2 Å². The minimum atomic E-state index is 0.305. The summed E-state index contributed by atoms with van der Waals surface area (Å²) in [6, 6.07) is 6.33. The van der Waals surface area contributed by atoms with Crippen molar-refractivity contribution in [3.8, 4) is 5.75 Å². The Hall–Kier alpha value is -2.10. The van der Waals surface area contributed by atoms with E-state index in [4.69, 9.17) is 9.73 Å². The molecule has 0 N–H and O–H groups in total. The Morgan fingerprint density at radius 1 is 1.04 bits per heavy atom. The summed E-state index contributed by atoms with van der Waals surface area (Å²) in [6.45, 7) is 9.65. The van der Waals surface area contributed by atoms with Crippen LogP contribution in [0.1, 0.15) is 65.4 Å². The number of anilines is 1. The highest BCUT2D eigenvalue weighted by Crippen LogP contribution is 2.35. The molecule has 1 aliphatic carbocycles. The number of ketones is 1. The number of allylic oxidation sites excluding steroid dienone is 2. The lowest BCUT2D eigenvalue weighted by Gasteiger charge is -2.28. The second-order valence-corrected chi connectivity index (χ2v) is 6.21. The molecule has 4 rings (SSSR count). The fourth-order valence-corrected chi connectivity index (χ4v) is 3.49. The van der Waals surface area contributed by atoms with Gasteiger partial charge in [0.25, 0.3) is 0 Å². The summed E-state index contributed by atoms with van der Waals surface area (Å²) in [7, 11) is 2.09. The number of ether oxygens (including phenoxy) is 1. The third-order valence-electron chi connectivity index (χ3n) is 4.77. The maximum atomic E-state index is 11.9. The Morgan fingerprint density at radius 3 is 2.58 bits per heavy atom. The van der Waals surface area contributed by atoms with Crippen LogP contribution in [-0.4, -0.2) is 31.7 Å². The van der Waals surface area contributed by atoms with Gasteiger partial charge in [-0.25, -0.2) is 0 Å². The standard InChI is InChI=1S/C18H20N2O2.2C2H6/c1-20-9-10-22-18-11-12(5-8-16(18)20)14-7-6-13-15(19-14)3-2-4-17(13)21;2*1-2/h5,8,11H,2-4,6-7,9-10H2,1H3;2*1-2H3. The lowest BCUT2D eigenvalue weighted by molar-refractivity contribution is -0.116. The zero-order chi connectivity index (χ0) is 19.1. The minimum absolute atomic E-state index is 0.305. The second-order valence-electron chi connectivity index (χ2n) is 6.21. The molecule has 4 heteroatoms. The lowest BCUT2D eigenvalue weighted by Crippen LogP contribution is -2.29. The van der Waals surface area contributed by atoms with Gasteiger partial charge in [-0.2, -0.15) is 0 Å². The Bertz CT molecular complexity index is 704. The Labute approximate surface area is 158 Å². The fourth-order valence-electron chi connectivity index (χ4n) is 3.49. The molecule has 142 valence electrons. The highest BCUT2D eigenvalue weighted by atomic mass is 16.5. The zero-order valence-electron chi connectivity index (χ0n) is 16.9. The third kappa shape index (κ3) is 4.17. The van der Waals surface area contributed by atoms with Gasteiger partial charge in [-0.15, -0.1) is 0 Å². The molecule has 2 aliphatic heterocycles. The molecule has 1 aromatic carbocycles. The number of Topliss-reactive ketones (excluding diaryl/α,β-unsaturated/α-hetero) is 1. The van der Waals surface area contributed by atoms with Gasteiger partial charge in [-0.1, -0.05) is 33.8 Å². The molecule has 26 heavy (non-hydrogen) atoms. The molecule has 3 aliphatic rings. The fraction of sp³-hybridized carbons (Fsp3) is 0.545. The molecule has 1 aromatic rings. The van der Waals surface area contributed by atoms with E-state index in [0.29, 0.717) is 12.2 Å². The van der Waals surface area contributed by atoms with Crippen molar-refractivity contribution < 1.29 is 9.53 Å². The number of benzene rings is 1. The number of rotatable bonds is 1. The number of carbonyl (C=O) groups is 1. The summed E-state index contributed by atoms with van der Waals surface area (Å²) in [6.07, 6.45) is 4.26. The van der Waals surface area contributed by atoms with E-state index in [1.165, 1.54) is 0 Å². The van der Waals surface area contributed by atoms with Crippen LogP contribution in [0.25, 0.3) is 0 Å². The van der Waals surface area contributed by atoms with E-state index in [-0.39, 0.29) is 0 Å². The zero-order valence-corrected chi connectivity index (χ0v) is 16.9. The van der Waals surface area contributed by atoms with Crippen molar-refractivity contribution in [2.75, 3.05) is 25.1 Å². The van der Waals surface area contributed by atoms with Crippen molar-refractivity contribution in [3.05, 3.63) is 35.0 Å². The molecular formula is C22H32N2O2. The average molecular weight is 357 g/mol. The van der Waals surface area contributed by atoms with E-state index < -0.39 is 0 Å². The van der Waals surface area contributed by atoms with E-state index in [2.05, 4.69) is 30.1 Å². The number of hydrogen-bond donors (Lipinski definition) is 0. The molecule has 0 saturated carbocycles. The van der Waals surface area contributed by atoms with Crippen LogP contribution < -0.4 is 9.64 Å². The van der Waals surface area contributed by atoms with Crippen LogP contribution >= 0.6 is 0 Å². The van der Waals surface area contributed by atoms with Crippen LogP contribution in [0.3, 0.4) is 0 Å². The molecule has 0 unspecified atom stereocenters. The summed E-state index contributed by atoms with van der Waals surface area (Å²) < 4.78 is 5.79. The largest absolute Gasteiger partial charge is 0.490 e. The normalized spacial score (nSPS) is 18.3. The number of nitrogens with zero attached hydrogens (tertiary/aromatic N) is 2. The third-order valence-corrected chi connectivity index (χ3v) is 4.77. The lowest BCUT2D eigenvalue weighted by atomic mass is 9.88. The highest BCUT2D eigenvalue weighted by Gasteiger charge is 2.25. The predicted molar refractivity (Wildman–Crippen MR) is 110 cm³/mol. The van der Waals surface area contributed by atoms with E-state index >= 15 is 0 Å². The summed E-state index contributed by atoms with van der Waals surface area (Å²) in [5, 5.41) is 0. The number of aliphatic imine (C=N–C) groups is 1. The van der Waals surface area contributed by atoms with Gasteiger partial charge in [-0.3, -0.25) is 9.79 Å². The maximum absolute atomic E-state index is 11.9. The van der Waals surface area contributed by atoms with E-state index in [9.17, 15) is 4.79 Å². The Morgan fingerprint density at radius 2 is 1.81 bits per heavy atom. The molecule has 4 nitrogen and oxygen atoms in total. The van der Waals surface area contributed by atoms with Crippen LogP contribution in [0.4, 0.5) is 5.69 Å². The number of carbonyl (C=O) groups excluding carboxylic acids is 1. The molecule has 0 amide bonds. The van der Waals surface area contributed by atoms with Gasteiger partial charge in [0.05, 0.1) is 12.2 Å². The quantitative estimate of drug-likeness (QED) is 0.698. The maximum Gasteiger partial charge on any atom is 0.160 e. The molecule has 0 atom stereocenters. The molecule has 0 bridgehead atoms. The molecule has 0 spiro atoms. The number of hydrogen-bond acceptors (Lipinski definition) is 4. The molecule has 0 fully saturated rings. The average Bonchev–Trinajstić information content (AvgIpc) is 2.71. The van der Waals surface area contributed by atoms with Crippen molar-refractivity contribution in [1.82, 2.24) is 0 Å². The van der Waals surface area contributed by atoms with Crippen molar-refractivity contribution in [3.63, 3.8) is 0 Å². The van der Waals surface area contributed by atoms with Gasteiger partial charge in [0, 0.05) is 30.5 Å². The molecule has 0 aromatic heterocycles. The van der Waals surface area contributed by atoms with Gasteiger partial charge < -0.3 is 9.64 Å². The van der Waals surface area contributed by atoms with Gasteiger partial charge in [0.2, 0.25) is 0 Å². The summed E-state index contributed by atoms with van der Waals surface area (Å²) >= 11 is 0. The molecular weight excluding hydrogens is 324 g/mol. The van der Waals surface area contributed by atoms with Crippen LogP contribution in [0, 0.1) is 0 Å². The van der Waals surface area contributed by atoms with Gasteiger partial charge >= 0.3 is 0 Å². The number of fused-ring (bicyclic) bond motifs is 1. The van der Waals surface area contributed by atoms with Crippen molar-refractivity contribution in [2.24, 2.45) is 4.99 Å². The van der Waals surface area contributed by atoms with E-state index in [0.717, 1.165) is 72.8 Å². The van der Waals surface area contributed by atoms with Crippen LogP contribution in [0.2, 0.25) is 0 Å².